The zero-order chi connectivity index (χ0) is 11.7. The van der Waals surface area contributed by atoms with Gasteiger partial charge < -0.3 is 10.6 Å². The van der Waals surface area contributed by atoms with Crippen molar-refractivity contribution < 1.29 is 9.18 Å². The van der Waals surface area contributed by atoms with Gasteiger partial charge in [-0.2, -0.15) is 0 Å². The van der Waals surface area contributed by atoms with E-state index in [0.29, 0.717) is 10.6 Å². The quantitative estimate of drug-likeness (QED) is 0.801. The Balaban J connectivity index is 2.12. The number of nitrogen functional groups attached to an aromatic ring is 1. The van der Waals surface area contributed by atoms with Gasteiger partial charge in [0, 0.05) is 24.2 Å². The monoisotopic (exact) mass is 240 g/mol. The number of likely N-dealkylation sites (tertiary alicyclic amines) is 1. The molecule has 1 unspecified atom stereocenters. The van der Waals surface area contributed by atoms with Crippen LogP contribution in [0, 0.1) is 5.82 Å². The molecule has 0 aliphatic carbocycles. The van der Waals surface area contributed by atoms with Gasteiger partial charge >= 0.3 is 0 Å². The molecular formula is C11H13FN2OS. The van der Waals surface area contributed by atoms with Gasteiger partial charge in [0.1, 0.15) is 5.82 Å². The minimum atomic E-state index is -0.360. The Hall–Kier alpha value is -1.23. The number of carbonyl (C=O) groups excluding carboxylic acids is 1. The number of hydrogen-bond acceptors (Lipinski definition) is 3. The number of hydrogen-bond donors (Lipinski definition) is 1. The largest absolute Gasteiger partial charge is 0.399 e. The summed E-state index contributed by atoms with van der Waals surface area (Å²) in [7, 11) is 1.78. The second-order valence-corrected chi connectivity index (χ2v) is 5.15. The summed E-state index contributed by atoms with van der Waals surface area (Å²) >= 11 is 1.38. The molecule has 1 heterocycles. The third-order valence-electron chi connectivity index (χ3n) is 2.55. The predicted octanol–water partition coefficient (Wildman–Crippen LogP) is 1.73. The summed E-state index contributed by atoms with van der Waals surface area (Å²) in [5, 5.41) is -0.105. The average Bonchev–Trinajstić information content (AvgIpc) is 2.48. The number of nitrogens with two attached hydrogens (primary N) is 1. The second-order valence-electron chi connectivity index (χ2n) is 3.88. The highest BCUT2D eigenvalue weighted by Gasteiger charge is 2.29. The number of amides is 1. The molecule has 0 radical (unpaired) electrons. The van der Waals surface area contributed by atoms with Gasteiger partial charge in [0.15, 0.2) is 0 Å². The van der Waals surface area contributed by atoms with E-state index >= 15 is 0 Å². The van der Waals surface area contributed by atoms with Crippen LogP contribution in [-0.2, 0) is 4.79 Å². The van der Waals surface area contributed by atoms with E-state index in [4.69, 9.17) is 5.73 Å². The number of thioether (sulfide) groups is 1. The van der Waals surface area contributed by atoms with E-state index in [0.717, 1.165) is 13.0 Å². The molecule has 86 valence electrons. The number of benzene rings is 1. The first-order valence-electron chi connectivity index (χ1n) is 5.04. The zero-order valence-electron chi connectivity index (χ0n) is 8.94. The molecule has 3 nitrogen and oxygen atoms in total. The van der Waals surface area contributed by atoms with E-state index in [1.807, 2.05) is 0 Å². The lowest BCUT2D eigenvalue weighted by atomic mass is 10.3. The fourth-order valence-corrected chi connectivity index (χ4v) is 2.93. The topological polar surface area (TPSA) is 46.3 Å². The van der Waals surface area contributed by atoms with Crippen molar-refractivity contribution >= 4 is 23.4 Å². The van der Waals surface area contributed by atoms with Crippen molar-refractivity contribution in [3.05, 3.63) is 24.0 Å². The lowest BCUT2D eigenvalue weighted by molar-refractivity contribution is -0.126. The van der Waals surface area contributed by atoms with Gasteiger partial charge in [0.05, 0.1) is 5.25 Å². The summed E-state index contributed by atoms with van der Waals surface area (Å²) in [4.78, 5) is 14.1. The second kappa shape index (κ2) is 4.33. The number of carbonyl (C=O) groups is 1. The predicted molar refractivity (Wildman–Crippen MR) is 62.7 cm³/mol. The molecule has 0 saturated carbocycles. The first kappa shape index (κ1) is 11.3. The van der Waals surface area contributed by atoms with E-state index in [1.54, 1.807) is 18.0 Å². The highest BCUT2D eigenvalue weighted by Crippen LogP contribution is 2.31. The Morgan fingerprint density at radius 3 is 2.81 bits per heavy atom. The lowest BCUT2D eigenvalue weighted by Gasteiger charge is -2.10. The molecule has 1 aliphatic rings. The van der Waals surface area contributed by atoms with Gasteiger partial charge in [0.2, 0.25) is 5.91 Å². The van der Waals surface area contributed by atoms with Gasteiger partial charge in [0.25, 0.3) is 0 Å². The molecule has 1 aliphatic heterocycles. The van der Waals surface area contributed by atoms with Crippen molar-refractivity contribution in [2.45, 2.75) is 16.6 Å². The Morgan fingerprint density at radius 2 is 2.25 bits per heavy atom. The van der Waals surface area contributed by atoms with Gasteiger partial charge in [-0.15, -0.1) is 11.8 Å². The molecule has 1 atom stereocenters. The normalized spacial score (nSPS) is 20.5. The highest BCUT2D eigenvalue weighted by atomic mass is 32.2. The van der Waals surface area contributed by atoms with Crippen LogP contribution >= 0.6 is 11.8 Å². The van der Waals surface area contributed by atoms with Crippen LogP contribution in [0.25, 0.3) is 0 Å². The summed E-state index contributed by atoms with van der Waals surface area (Å²) in [6.45, 7) is 0.765. The van der Waals surface area contributed by atoms with Crippen LogP contribution in [0.4, 0.5) is 10.1 Å². The minimum Gasteiger partial charge on any atom is -0.399 e. The van der Waals surface area contributed by atoms with Crippen LogP contribution in [0.2, 0.25) is 0 Å². The summed E-state index contributed by atoms with van der Waals surface area (Å²) in [5.74, 6) is -0.255. The smallest absolute Gasteiger partial charge is 0.235 e. The molecule has 1 aromatic carbocycles. The maximum absolute atomic E-state index is 13.1. The van der Waals surface area contributed by atoms with Crippen molar-refractivity contribution in [3.8, 4) is 0 Å². The average molecular weight is 240 g/mol. The van der Waals surface area contributed by atoms with Crippen LogP contribution < -0.4 is 5.73 Å². The van der Waals surface area contributed by atoms with Crippen LogP contribution in [0.15, 0.2) is 23.1 Å². The van der Waals surface area contributed by atoms with Crippen LogP contribution in [0.3, 0.4) is 0 Å². The van der Waals surface area contributed by atoms with Crippen molar-refractivity contribution in [1.29, 1.82) is 0 Å². The fraction of sp³-hybridized carbons (Fsp3) is 0.364. The van der Waals surface area contributed by atoms with Crippen LogP contribution in [-0.4, -0.2) is 29.6 Å². The Morgan fingerprint density at radius 1 is 1.50 bits per heavy atom. The molecule has 16 heavy (non-hydrogen) atoms. The standard InChI is InChI=1S/C11H13FN2OS/c1-14-3-2-10(11(14)15)16-9-5-7(12)4-8(13)6-9/h4-6,10H,2-3,13H2,1H3. The van der Waals surface area contributed by atoms with E-state index in [2.05, 4.69) is 0 Å². The molecule has 2 rings (SSSR count). The molecule has 1 aromatic rings. The Kier molecular flexibility index (Phi) is 3.05. The number of rotatable bonds is 2. The van der Waals surface area contributed by atoms with Crippen LogP contribution in [0.1, 0.15) is 6.42 Å². The zero-order valence-corrected chi connectivity index (χ0v) is 9.76. The van der Waals surface area contributed by atoms with Crippen molar-refractivity contribution in [1.82, 2.24) is 4.90 Å². The third kappa shape index (κ3) is 2.29. The first-order valence-corrected chi connectivity index (χ1v) is 5.92. The number of halogens is 1. The highest BCUT2D eigenvalue weighted by molar-refractivity contribution is 8.00. The summed E-state index contributed by atoms with van der Waals surface area (Å²) in [6.07, 6.45) is 0.802. The fourth-order valence-electron chi connectivity index (χ4n) is 1.72. The maximum Gasteiger partial charge on any atom is 0.235 e. The first-order chi connectivity index (χ1) is 7.56. The molecule has 1 amide bonds. The van der Waals surface area contributed by atoms with Gasteiger partial charge in [-0.3, -0.25) is 4.79 Å². The van der Waals surface area contributed by atoms with Crippen LogP contribution in [0.5, 0.6) is 0 Å². The Labute approximate surface area is 97.8 Å². The van der Waals surface area contributed by atoms with E-state index in [-0.39, 0.29) is 17.0 Å². The van der Waals surface area contributed by atoms with Crippen molar-refractivity contribution in [3.63, 3.8) is 0 Å². The van der Waals surface area contributed by atoms with E-state index < -0.39 is 0 Å². The van der Waals surface area contributed by atoms with Gasteiger partial charge in [-0.05, 0) is 24.6 Å². The summed E-state index contributed by atoms with van der Waals surface area (Å²) < 4.78 is 13.1. The van der Waals surface area contributed by atoms with E-state index in [1.165, 1.54) is 23.9 Å². The van der Waals surface area contributed by atoms with E-state index in [9.17, 15) is 9.18 Å². The molecular weight excluding hydrogens is 227 g/mol. The SMILES string of the molecule is CN1CCC(Sc2cc(N)cc(F)c2)C1=O. The molecule has 1 fully saturated rings. The van der Waals surface area contributed by atoms with Gasteiger partial charge in [-0.1, -0.05) is 0 Å². The van der Waals surface area contributed by atoms with Crippen molar-refractivity contribution in [2.24, 2.45) is 0 Å². The minimum absolute atomic E-state index is 0.104. The summed E-state index contributed by atoms with van der Waals surface area (Å²) in [5.41, 5.74) is 5.94. The number of nitrogens with zero attached hydrogens (tertiary/aromatic N) is 1. The molecule has 2 N–H and O–H groups in total. The lowest BCUT2D eigenvalue weighted by Crippen LogP contribution is -2.23. The Bertz CT molecular complexity index is 404. The van der Waals surface area contributed by atoms with Crippen molar-refractivity contribution in [2.75, 3.05) is 19.3 Å². The number of anilines is 1. The maximum atomic E-state index is 13.1. The molecule has 0 spiro atoms. The molecule has 0 aromatic heterocycles. The van der Waals surface area contributed by atoms with Gasteiger partial charge in [-0.25, -0.2) is 4.39 Å². The summed E-state index contributed by atoms with van der Waals surface area (Å²) in [6, 6.07) is 4.37. The third-order valence-corrected chi connectivity index (χ3v) is 3.78. The molecule has 5 heteroatoms. The molecule has 1 saturated heterocycles. The molecule has 0 bridgehead atoms.